The van der Waals surface area contributed by atoms with Gasteiger partial charge >= 0.3 is 0 Å². The number of ketones is 1. The van der Waals surface area contributed by atoms with Crippen molar-refractivity contribution in [1.82, 2.24) is 14.8 Å². The van der Waals surface area contributed by atoms with Crippen LogP contribution in [-0.4, -0.2) is 39.2 Å². The minimum atomic E-state index is -0.469. The number of rotatable bonds is 8. The smallest absolute Gasteiger partial charge is 0.258 e. The SMILES string of the molecule is O=C(CCC1=CC=NC1)c1cc(NC(=O)c2cc(-c3ccccn3)c(Cl)cc2Cl)n(-c2ccccc2)n1. The number of allylic oxidation sites excluding steroid dienone is 1. The van der Waals surface area contributed by atoms with Crippen molar-refractivity contribution in [3.63, 3.8) is 0 Å². The van der Waals surface area contributed by atoms with Crippen molar-refractivity contribution < 1.29 is 9.59 Å². The maximum atomic E-state index is 13.4. The molecule has 1 aliphatic heterocycles. The lowest BCUT2D eigenvalue weighted by Gasteiger charge is -2.12. The molecule has 0 unspecified atom stereocenters. The predicted octanol–water partition coefficient (Wildman–Crippen LogP) is 6.47. The molecule has 1 aliphatic rings. The van der Waals surface area contributed by atoms with Gasteiger partial charge < -0.3 is 5.32 Å². The molecule has 3 heterocycles. The van der Waals surface area contributed by atoms with Crippen LogP contribution in [0, 0.1) is 0 Å². The molecule has 0 aliphatic carbocycles. The Bertz CT molecular complexity index is 1530. The minimum Gasteiger partial charge on any atom is -0.306 e. The van der Waals surface area contributed by atoms with Gasteiger partial charge in [-0.1, -0.05) is 47.5 Å². The van der Waals surface area contributed by atoms with E-state index in [2.05, 4.69) is 20.4 Å². The number of nitrogens with zero attached hydrogens (tertiary/aromatic N) is 4. The van der Waals surface area contributed by atoms with Crippen LogP contribution in [0.3, 0.4) is 0 Å². The molecule has 0 spiro atoms. The Balaban J connectivity index is 1.45. The fraction of sp³-hybridized carbons (Fsp3) is 0.107. The number of pyridine rings is 1. The van der Waals surface area contributed by atoms with E-state index in [0.29, 0.717) is 47.2 Å². The Kier molecular flexibility index (Phi) is 7.25. The second-order valence-corrected chi connectivity index (χ2v) is 9.20. The molecular weight excluding hydrogens is 509 g/mol. The topological polar surface area (TPSA) is 89.2 Å². The van der Waals surface area contributed by atoms with Gasteiger partial charge in [-0.15, -0.1) is 0 Å². The summed E-state index contributed by atoms with van der Waals surface area (Å²) in [7, 11) is 0. The first-order valence-electron chi connectivity index (χ1n) is 11.6. The van der Waals surface area contributed by atoms with Crippen LogP contribution < -0.4 is 5.32 Å². The highest BCUT2D eigenvalue weighted by atomic mass is 35.5. The van der Waals surface area contributed by atoms with Crippen molar-refractivity contribution in [2.45, 2.75) is 12.8 Å². The number of amides is 1. The molecule has 2 aromatic heterocycles. The minimum absolute atomic E-state index is 0.125. The number of hydrogen-bond acceptors (Lipinski definition) is 5. The van der Waals surface area contributed by atoms with E-state index in [4.69, 9.17) is 23.2 Å². The zero-order chi connectivity index (χ0) is 25.8. The van der Waals surface area contributed by atoms with Crippen molar-refractivity contribution in [2.75, 3.05) is 11.9 Å². The van der Waals surface area contributed by atoms with E-state index in [1.807, 2.05) is 42.5 Å². The van der Waals surface area contributed by atoms with E-state index in [1.54, 1.807) is 36.7 Å². The first-order chi connectivity index (χ1) is 18.0. The molecule has 1 amide bonds. The lowest BCUT2D eigenvalue weighted by atomic mass is 10.1. The second-order valence-electron chi connectivity index (χ2n) is 8.38. The predicted molar refractivity (Wildman–Crippen MR) is 146 cm³/mol. The van der Waals surface area contributed by atoms with Gasteiger partial charge in [0.1, 0.15) is 11.5 Å². The Morgan fingerprint density at radius 2 is 1.78 bits per heavy atom. The quantitative estimate of drug-likeness (QED) is 0.265. The lowest BCUT2D eigenvalue weighted by molar-refractivity contribution is 0.0976. The molecule has 0 fully saturated rings. The third kappa shape index (κ3) is 5.53. The highest BCUT2D eigenvalue weighted by Crippen LogP contribution is 2.32. The molecule has 0 bridgehead atoms. The normalized spacial score (nSPS) is 12.4. The number of para-hydroxylation sites is 1. The van der Waals surface area contributed by atoms with E-state index >= 15 is 0 Å². The molecule has 37 heavy (non-hydrogen) atoms. The maximum absolute atomic E-state index is 13.4. The molecule has 9 heteroatoms. The first kappa shape index (κ1) is 24.6. The van der Waals surface area contributed by atoms with E-state index in [-0.39, 0.29) is 22.1 Å². The zero-order valence-electron chi connectivity index (χ0n) is 19.6. The van der Waals surface area contributed by atoms with Gasteiger partial charge in [0.15, 0.2) is 5.78 Å². The fourth-order valence-electron chi connectivity index (χ4n) is 3.94. The highest BCUT2D eigenvalue weighted by Gasteiger charge is 2.21. The number of aliphatic imine (C=N–C) groups is 1. The molecule has 0 saturated carbocycles. The molecule has 0 atom stereocenters. The largest absolute Gasteiger partial charge is 0.306 e. The molecule has 1 N–H and O–H groups in total. The Morgan fingerprint density at radius 1 is 0.973 bits per heavy atom. The number of Topliss-reactive ketones (excluding diaryl/α,β-unsaturated/α-hetero) is 1. The summed E-state index contributed by atoms with van der Waals surface area (Å²) >= 11 is 12.8. The number of carbonyl (C=O) groups is 2. The third-order valence-electron chi connectivity index (χ3n) is 5.86. The van der Waals surface area contributed by atoms with E-state index in [1.165, 1.54) is 10.7 Å². The van der Waals surface area contributed by atoms with Crippen LogP contribution >= 0.6 is 23.2 Å². The van der Waals surface area contributed by atoms with Gasteiger partial charge in [0.05, 0.1) is 33.5 Å². The summed E-state index contributed by atoms with van der Waals surface area (Å²) in [5.74, 6) is -0.253. The van der Waals surface area contributed by atoms with Gasteiger partial charge in [-0.05, 0) is 54.5 Å². The Labute approximate surface area is 223 Å². The van der Waals surface area contributed by atoms with Gasteiger partial charge in [0.25, 0.3) is 5.91 Å². The number of halogens is 2. The molecule has 0 radical (unpaired) electrons. The number of aromatic nitrogens is 3. The second kappa shape index (κ2) is 10.9. The fourth-order valence-corrected chi connectivity index (χ4v) is 4.51. The van der Waals surface area contributed by atoms with E-state index in [0.717, 1.165) is 5.57 Å². The number of benzene rings is 2. The molecule has 7 nitrogen and oxygen atoms in total. The molecule has 0 saturated heterocycles. The van der Waals surface area contributed by atoms with Gasteiger partial charge in [-0.25, -0.2) is 4.68 Å². The highest BCUT2D eigenvalue weighted by molar-refractivity contribution is 6.38. The third-order valence-corrected chi connectivity index (χ3v) is 6.49. The van der Waals surface area contributed by atoms with Gasteiger partial charge in [-0.3, -0.25) is 19.6 Å². The van der Waals surface area contributed by atoms with Crippen molar-refractivity contribution in [3.8, 4) is 16.9 Å². The van der Waals surface area contributed by atoms with Crippen molar-refractivity contribution in [2.24, 2.45) is 4.99 Å². The number of nitrogens with one attached hydrogen (secondary N) is 1. The van der Waals surface area contributed by atoms with Crippen LogP contribution in [0.2, 0.25) is 10.0 Å². The summed E-state index contributed by atoms with van der Waals surface area (Å²) < 4.78 is 1.53. The van der Waals surface area contributed by atoms with Crippen LogP contribution in [0.25, 0.3) is 16.9 Å². The average molecular weight is 530 g/mol. The molecule has 5 rings (SSSR count). The summed E-state index contributed by atoms with van der Waals surface area (Å²) in [6.07, 6.45) is 6.22. The standard InChI is InChI=1S/C28H21Cl2N5O2/c29-22-15-23(30)21(14-20(22)24-8-4-5-12-32-24)28(37)33-27-16-25(26(36)10-9-18-11-13-31-17-18)34-35(27)19-6-2-1-3-7-19/h1-8,11-16H,9-10,17H2,(H,33,37). The van der Waals surface area contributed by atoms with Crippen LogP contribution in [0.4, 0.5) is 5.82 Å². The Morgan fingerprint density at radius 3 is 2.51 bits per heavy atom. The summed E-state index contributed by atoms with van der Waals surface area (Å²) in [5.41, 5.74) is 3.46. The number of anilines is 1. The monoisotopic (exact) mass is 529 g/mol. The van der Waals surface area contributed by atoms with Crippen LogP contribution in [0.5, 0.6) is 0 Å². The number of carbonyl (C=O) groups excluding carboxylic acids is 2. The van der Waals surface area contributed by atoms with E-state index in [9.17, 15) is 9.59 Å². The average Bonchev–Trinajstić information content (AvgIpc) is 3.59. The van der Waals surface area contributed by atoms with E-state index < -0.39 is 5.91 Å². The lowest BCUT2D eigenvalue weighted by Crippen LogP contribution is -2.16. The molecule has 2 aromatic carbocycles. The zero-order valence-corrected chi connectivity index (χ0v) is 21.1. The van der Waals surface area contributed by atoms with Crippen molar-refractivity contribution in [1.29, 1.82) is 0 Å². The summed E-state index contributed by atoms with van der Waals surface area (Å²) in [5, 5.41) is 7.95. The van der Waals surface area contributed by atoms with Crippen LogP contribution in [0.15, 0.2) is 89.6 Å². The van der Waals surface area contributed by atoms with Crippen molar-refractivity contribution in [3.05, 3.63) is 106 Å². The maximum Gasteiger partial charge on any atom is 0.258 e. The first-order valence-corrected chi connectivity index (χ1v) is 12.3. The molecular formula is C28H21Cl2N5O2. The summed E-state index contributed by atoms with van der Waals surface area (Å²) in [6.45, 7) is 0.620. The molecule has 184 valence electrons. The summed E-state index contributed by atoms with van der Waals surface area (Å²) in [4.78, 5) is 34.8. The molecule has 4 aromatic rings. The van der Waals surface area contributed by atoms with Crippen LogP contribution in [-0.2, 0) is 0 Å². The van der Waals surface area contributed by atoms with Gasteiger partial charge in [0.2, 0.25) is 0 Å². The van der Waals surface area contributed by atoms with Gasteiger partial charge in [-0.2, -0.15) is 5.10 Å². The Hall–Kier alpha value is -4.07. The van der Waals surface area contributed by atoms with Crippen molar-refractivity contribution >= 4 is 46.9 Å². The van der Waals surface area contributed by atoms with Gasteiger partial charge in [0, 0.05) is 30.5 Å². The number of hydrogen-bond donors (Lipinski definition) is 1. The summed E-state index contributed by atoms with van der Waals surface area (Å²) in [6, 6.07) is 19.4. The van der Waals surface area contributed by atoms with Crippen LogP contribution in [0.1, 0.15) is 33.7 Å².